The first-order chi connectivity index (χ1) is 15.5. The quantitative estimate of drug-likeness (QED) is 0.297. The fraction of sp³-hybridized carbons (Fsp3) is 0.0909. The van der Waals surface area contributed by atoms with Crippen molar-refractivity contribution in [1.29, 1.82) is 5.26 Å². The van der Waals surface area contributed by atoms with Gasteiger partial charge in [0.2, 0.25) is 0 Å². The Balaban J connectivity index is 1.63. The number of aryl methyl sites for hydroxylation is 1. The summed E-state index contributed by atoms with van der Waals surface area (Å²) in [6, 6.07) is 13.1. The van der Waals surface area contributed by atoms with Crippen molar-refractivity contribution in [2.24, 2.45) is 0 Å². The number of nitrogens with zero attached hydrogens (tertiary/aromatic N) is 4. The van der Waals surface area contributed by atoms with Gasteiger partial charge in [-0.2, -0.15) is 5.26 Å². The standard InChI is InChI=1S/C22H17Cl2N7S/c1-12-8-15(16(10-25)13-2-4-14(23)5-3-13)17(24)9-18(12)30-20-19(26)21(29-11-28-20)31-22-27-6-7-32-22/h2-9,11,16H,26H2,1H3,(H2,27,28,29,30,31). The molecule has 0 aliphatic carbocycles. The zero-order valence-electron chi connectivity index (χ0n) is 16.8. The summed E-state index contributed by atoms with van der Waals surface area (Å²) in [6.45, 7) is 1.92. The predicted molar refractivity (Wildman–Crippen MR) is 130 cm³/mol. The average Bonchev–Trinajstić information content (AvgIpc) is 3.29. The number of anilines is 5. The Bertz CT molecular complexity index is 1290. The summed E-state index contributed by atoms with van der Waals surface area (Å²) in [7, 11) is 0. The molecule has 0 bridgehead atoms. The number of hydrogen-bond donors (Lipinski definition) is 3. The Morgan fingerprint density at radius 3 is 2.44 bits per heavy atom. The van der Waals surface area contributed by atoms with Crippen molar-refractivity contribution in [3.05, 3.63) is 81.0 Å². The largest absolute Gasteiger partial charge is 0.393 e. The SMILES string of the molecule is Cc1cc(C(C#N)c2ccc(Cl)cc2)c(Cl)cc1Nc1ncnc(Nc2nccs2)c1N. The van der Waals surface area contributed by atoms with Gasteiger partial charge < -0.3 is 16.4 Å². The van der Waals surface area contributed by atoms with Gasteiger partial charge in [0.15, 0.2) is 16.8 Å². The number of aromatic nitrogens is 3. The van der Waals surface area contributed by atoms with Crippen LogP contribution in [0.5, 0.6) is 0 Å². The number of nitriles is 1. The molecule has 4 aromatic rings. The maximum atomic E-state index is 9.79. The number of rotatable bonds is 6. The van der Waals surface area contributed by atoms with Gasteiger partial charge in [0.1, 0.15) is 12.0 Å². The molecular formula is C22H17Cl2N7S. The fourth-order valence-electron chi connectivity index (χ4n) is 3.15. The van der Waals surface area contributed by atoms with Gasteiger partial charge in [0, 0.05) is 27.3 Å². The van der Waals surface area contributed by atoms with Gasteiger partial charge in [0.05, 0.1) is 12.0 Å². The average molecular weight is 482 g/mol. The molecule has 1 atom stereocenters. The first kappa shape index (κ1) is 21.8. The summed E-state index contributed by atoms with van der Waals surface area (Å²) in [5.41, 5.74) is 9.74. The van der Waals surface area contributed by atoms with Crippen LogP contribution in [0.1, 0.15) is 22.6 Å². The predicted octanol–water partition coefficient (Wildman–Crippen LogP) is 6.27. The normalized spacial score (nSPS) is 11.6. The van der Waals surface area contributed by atoms with Crippen LogP contribution in [0.15, 0.2) is 54.3 Å². The molecule has 0 saturated carbocycles. The minimum absolute atomic E-state index is 0.346. The Kier molecular flexibility index (Phi) is 6.42. The maximum absolute atomic E-state index is 9.79. The second-order valence-corrected chi connectivity index (χ2v) is 8.61. The van der Waals surface area contributed by atoms with Crippen LogP contribution < -0.4 is 16.4 Å². The zero-order valence-corrected chi connectivity index (χ0v) is 19.1. The molecule has 4 N–H and O–H groups in total. The Morgan fingerprint density at radius 1 is 1.06 bits per heavy atom. The molecule has 2 aromatic heterocycles. The van der Waals surface area contributed by atoms with E-state index in [0.717, 1.165) is 16.8 Å². The molecule has 0 aliphatic heterocycles. The smallest absolute Gasteiger partial charge is 0.188 e. The van der Waals surface area contributed by atoms with Gasteiger partial charge in [-0.1, -0.05) is 41.4 Å². The summed E-state index contributed by atoms with van der Waals surface area (Å²) >= 11 is 14.0. The van der Waals surface area contributed by atoms with E-state index in [1.54, 1.807) is 24.4 Å². The van der Waals surface area contributed by atoms with Gasteiger partial charge in [-0.05, 0) is 41.8 Å². The van der Waals surface area contributed by atoms with Crippen LogP contribution in [-0.2, 0) is 0 Å². The van der Waals surface area contributed by atoms with Crippen molar-refractivity contribution >= 4 is 62.7 Å². The van der Waals surface area contributed by atoms with Crippen LogP contribution in [0.2, 0.25) is 10.0 Å². The first-order valence-corrected chi connectivity index (χ1v) is 11.1. The van der Waals surface area contributed by atoms with E-state index in [1.165, 1.54) is 17.7 Å². The van der Waals surface area contributed by atoms with E-state index in [1.807, 2.05) is 30.5 Å². The molecule has 4 rings (SSSR count). The van der Waals surface area contributed by atoms with E-state index in [-0.39, 0.29) is 0 Å². The molecule has 0 fully saturated rings. The van der Waals surface area contributed by atoms with Crippen LogP contribution in [0.3, 0.4) is 0 Å². The second-order valence-electron chi connectivity index (χ2n) is 6.87. The van der Waals surface area contributed by atoms with E-state index in [9.17, 15) is 5.26 Å². The number of halogens is 2. The lowest BCUT2D eigenvalue weighted by molar-refractivity contribution is 1.03. The third-order valence-electron chi connectivity index (χ3n) is 4.78. The molecule has 0 spiro atoms. The molecule has 2 heterocycles. The van der Waals surface area contributed by atoms with Crippen LogP contribution in [0, 0.1) is 18.3 Å². The molecular weight excluding hydrogens is 465 g/mol. The minimum Gasteiger partial charge on any atom is -0.393 e. The summed E-state index contributed by atoms with van der Waals surface area (Å²) < 4.78 is 0. The molecule has 0 radical (unpaired) electrons. The summed E-state index contributed by atoms with van der Waals surface area (Å²) in [6.07, 6.45) is 3.10. The van der Waals surface area contributed by atoms with Gasteiger partial charge in [-0.15, -0.1) is 11.3 Å². The van der Waals surface area contributed by atoms with E-state index in [4.69, 9.17) is 28.9 Å². The van der Waals surface area contributed by atoms with Crippen LogP contribution in [0.4, 0.5) is 28.1 Å². The van der Waals surface area contributed by atoms with Crippen LogP contribution >= 0.6 is 34.5 Å². The van der Waals surface area contributed by atoms with E-state index in [0.29, 0.717) is 38.1 Å². The number of hydrogen-bond acceptors (Lipinski definition) is 8. The lowest BCUT2D eigenvalue weighted by atomic mass is 9.91. The highest BCUT2D eigenvalue weighted by molar-refractivity contribution is 7.13. The monoisotopic (exact) mass is 481 g/mol. The lowest BCUT2D eigenvalue weighted by Gasteiger charge is -2.17. The molecule has 0 amide bonds. The number of thiazole rings is 1. The Morgan fingerprint density at radius 2 is 1.78 bits per heavy atom. The third-order valence-corrected chi connectivity index (χ3v) is 6.05. The van der Waals surface area contributed by atoms with Crippen molar-refractivity contribution in [2.45, 2.75) is 12.8 Å². The van der Waals surface area contributed by atoms with Gasteiger partial charge in [0.25, 0.3) is 0 Å². The molecule has 32 heavy (non-hydrogen) atoms. The number of nitrogens with one attached hydrogen (secondary N) is 2. The van der Waals surface area contributed by atoms with Gasteiger partial charge in [-0.3, -0.25) is 0 Å². The highest BCUT2D eigenvalue weighted by Gasteiger charge is 2.19. The molecule has 160 valence electrons. The topological polar surface area (TPSA) is 113 Å². The zero-order chi connectivity index (χ0) is 22.7. The first-order valence-electron chi connectivity index (χ1n) is 9.45. The minimum atomic E-state index is -0.522. The third kappa shape index (κ3) is 4.60. The van der Waals surface area contributed by atoms with Crippen LogP contribution in [-0.4, -0.2) is 15.0 Å². The number of nitrogen functional groups attached to an aromatic ring is 1. The highest BCUT2D eigenvalue weighted by atomic mass is 35.5. The molecule has 0 aliphatic rings. The Hall–Kier alpha value is -3.38. The van der Waals surface area contributed by atoms with Crippen molar-refractivity contribution in [3.63, 3.8) is 0 Å². The van der Waals surface area contributed by atoms with Gasteiger partial charge >= 0.3 is 0 Å². The van der Waals surface area contributed by atoms with Crippen molar-refractivity contribution in [3.8, 4) is 6.07 Å². The van der Waals surface area contributed by atoms with Gasteiger partial charge in [-0.25, -0.2) is 15.0 Å². The van der Waals surface area contributed by atoms with Crippen molar-refractivity contribution < 1.29 is 0 Å². The molecule has 1 unspecified atom stereocenters. The summed E-state index contributed by atoms with van der Waals surface area (Å²) in [5.74, 6) is 0.358. The Labute approximate surface area is 198 Å². The van der Waals surface area contributed by atoms with E-state index >= 15 is 0 Å². The summed E-state index contributed by atoms with van der Waals surface area (Å²) in [5, 5.41) is 19.7. The highest BCUT2D eigenvalue weighted by Crippen LogP contribution is 2.36. The maximum Gasteiger partial charge on any atom is 0.188 e. The lowest BCUT2D eigenvalue weighted by Crippen LogP contribution is -2.06. The molecule has 0 saturated heterocycles. The van der Waals surface area contributed by atoms with Crippen LogP contribution in [0.25, 0.3) is 0 Å². The second kappa shape index (κ2) is 9.40. The summed E-state index contributed by atoms with van der Waals surface area (Å²) in [4.78, 5) is 12.6. The van der Waals surface area contributed by atoms with Crippen molar-refractivity contribution in [2.75, 3.05) is 16.4 Å². The molecule has 10 heteroatoms. The van der Waals surface area contributed by atoms with E-state index < -0.39 is 5.92 Å². The number of nitrogens with two attached hydrogens (primary N) is 1. The molecule has 2 aromatic carbocycles. The van der Waals surface area contributed by atoms with E-state index in [2.05, 4.69) is 31.7 Å². The molecule has 7 nitrogen and oxygen atoms in total. The number of benzene rings is 2. The fourth-order valence-corrected chi connectivity index (χ4v) is 4.07. The van der Waals surface area contributed by atoms with Crippen molar-refractivity contribution in [1.82, 2.24) is 15.0 Å².